The van der Waals surface area contributed by atoms with Crippen LogP contribution < -0.4 is 10.1 Å². The monoisotopic (exact) mass is 458 g/mol. The highest BCUT2D eigenvalue weighted by Crippen LogP contribution is 2.41. The van der Waals surface area contributed by atoms with Gasteiger partial charge >= 0.3 is 0 Å². The van der Waals surface area contributed by atoms with E-state index in [9.17, 15) is 0 Å². The first-order valence-corrected chi connectivity index (χ1v) is 12.0. The summed E-state index contributed by atoms with van der Waals surface area (Å²) in [6.45, 7) is 6.43. The molecule has 8 heteroatoms. The Morgan fingerprint density at radius 3 is 2.90 bits per heavy atom. The molecule has 1 fully saturated rings. The summed E-state index contributed by atoms with van der Waals surface area (Å²) in [4.78, 5) is 14.9. The predicted octanol–water partition coefficient (Wildman–Crippen LogP) is 5.05. The molecule has 1 aliphatic carbocycles. The number of hydrogen-bond donors (Lipinski definition) is 1. The van der Waals surface area contributed by atoms with Crippen molar-refractivity contribution in [2.45, 2.75) is 32.7 Å². The van der Waals surface area contributed by atoms with Gasteiger partial charge in [0.15, 0.2) is 0 Å². The molecule has 2 aromatic heterocycles. The fraction of sp³-hybridized carbons (Fsp3) is 0.478. The van der Waals surface area contributed by atoms with Gasteiger partial charge in [0.25, 0.3) is 0 Å². The second-order valence-corrected chi connectivity index (χ2v) is 9.87. The zero-order valence-electron chi connectivity index (χ0n) is 17.9. The van der Waals surface area contributed by atoms with Crippen molar-refractivity contribution in [3.05, 3.63) is 39.5 Å². The van der Waals surface area contributed by atoms with Crippen LogP contribution in [0.25, 0.3) is 10.2 Å². The molecule has 31 heavy (non-hydrogen) atoms. The number of aryl methyl sites for hydroxylation is 1. The van der Waals surface area contributed by atoms with Gasteiger partial charge in [0.1, 0.15) is 22.2 Å². The summed E-state index contributed by atoms with van der Waals surface area (Å²) in [5.41, 5.74) is 2.31. The predicted molar refractivity (Wildman–Crippen MR) is 126 cm³/mol. The van der Waals surface area contributed by atoms with Gasteiger partial charge in [-0.05, 0) is 48.9 Å². The molecule has 164 valence electrons. The van der Waals surface area contributed by atoms with Crippen LogP contribution in [-0.4, -0.2) is 48.3 Å². The third-order valence-corrected chi connectivity index (χ3v) is 7.53. The Balaban J connectivity index is 1.55. The van der Waals surface area contributed by atoms with Crippen molar-refractivity contribution in [3.63, 3.8) is 0 Å². The second kappa shape index (κ2) is 8.90. The van der Waals surface area contributed by atoms with E-state index in [0.717, 1.165) is 73.8 Å². The summed E-state index contributed by atoms with van der Waals surface area (Å²) in [5.74, 6) is 3.11. The number of ether oxygens (including phenoxy) is 2. The molecule has 0 bridgehead atoms. The highest BCUT2D eigenvalue weighted by atomic mass is 35.5. The number of anilines is 2. The van der Waals surface area contributed by atoms with Gasteiger partial charge in [0.05, 0.1) is 37.3 Å². The maximum Gasteiger partial charge on any atom is 0.146 e. The van der Waals surface area contributed by atoms with Crippen LogP contribution >= 0.6 is 22.9 Å². The lowest BCUT2D eigenvalue weighted by Gasteiger charge is -2.26. The summed E-state index contributed by atoms with van der Waals surface area (Å²) in [6, 6.07) is 5.74. The zero-order valence-corrected chi connectivity index (χ0v) is 19.5. The van der Waals surface area contributed by atoms with Crippen molar-refractivity contribution in [1.82, 2.24) is 14.9 Å². The molecule has 1 N–H and O–H groups in total. The number of nitrogens with one attached hydrogen (secondary N) is 1. The van der Waals surface area contributed by atoms with Gasteiger partial charge in [0, 0.05) is 23.7 Å². The maximum absolute atomic E-state index is 6.37. The minimum atomic E-state index is 0.576. The van der Waals surface area contributed by atoms with Crippen LogP contribution in [0.5, 0.6) is 5.75 Å². The number of halogens is 1. The molecule has 3 aromatic rings. The van der Waals surface area contributed by atoms with E-state index >= 15 is 0 Å². The highest BCUT2D eigenvalue weighted by Gasteiger charge is 2.25. The topological polar surface area (TPSA) is 59.5 Å². The molecule has 0 amide bonds. The van der Waals surface area contributed by atoms with Crippen molar-refractivity contribution in [1.29, 1.82) is 0 Å². The highest BCUT2D eigenvalue weighted by molar-refractivity contribution is 7.19. The fourth-order valence-corrected chi connectivity index (χ4v) is 6.05. The summed E-state index contributed by atoms with van der Waals surface area (Å²) in [6.07, 6.45) is 3.42. The van der Waals surface area contributed by atoms with Crippen LogP contribution in [-0.2, 0) is 24.1 Å². The van der Waals surface area contributed by atoms with E-state index in [-0.39, 0.29) is 0 Å². The standard InChI is InChI=1S/C23H27ClN4O2S/c1-14-3-5-16-19(11-14)31-23-21(16)22(25-15-4-6-18(29-2)17(24)12-15)26-20(27-23)13-28-7-9-30-10-8-28/h4,6,12,14H,3,5,7-11,13H2,1-2H3,(H,25,26,27). The summed E-state index contributed by atoms with van der Waals surface area (Å²) in [7, 11) is 1.62. The fourth-order valence-electron chi connectivity index (χ4n) is 4.39. The number of hydrogen-bond acceptors (Lipinski definition) is 7. The number of thiophene rings is 1. The van der Waals surface area contributed by atoms with Crippen LogP contribution in [0.3, 0.4) is 0 Å². The Morgan fingerprint density at radius 2 is 2.13 bits per heavy atom. The Labute approximate surface area is 191 Å². The smallest absolute Gasteiger partial charge is 0.146 e. The van der Waals surface area contributed by atoms with Crippen LogP contribution in [0.4, 0.5) is 11.5 Å². The lowest BCUT2D eigenvalue weighted by Crippen LogP contribution is -2.36. The molecule has 2 aliphatic rings. The largest absolute Gasteiger partial charge is 0.495 e. The molecular formula is C23H27ClN4O2S. The van der Waals surface area contributed by atoms with Gasteiger partial charge in [-0.25, -0.2) is 9.97 Å². The van der Waals surface area contributed by atoms with Gasteiger partial charge < -0.3 is 14.8 Å². The van der Waals surface area contributed by atoms with Gasteiger partial charge in [-0.2, -0.15) is 0 Å². The van der Waals surface area contributed by atoms with Gasteiger partial charge in [-0.15, -0.1) is 11.3 Å². The first kappa shape index (κ1) is 20.9. The lowest BCUT2D eigenvalue weighted by molar-refractivity contribution is 0.0331. The van der Waals surface area contributed by atoms with Crippen molar-refractivity contribution >= 4 is 44.7 Å². The van der Waals surface area contributed by atoms with Crippen LogP contribution in [0.15, 0.2) is 18.2 Å². The third-order valence-electron chi connectivity index (χ3n) is 6.08. The number of aromatic nitrogens is 2. The van der Waals surface area contributed by atoms with Crippen LogP contribution in [0.1, 0.15) is 29.6 Å². The molecule has 1 aliphatic heterocycles. The SMILES string of the molecule is COc1ccc(Nc2nc(CN3CCOCC3)nc3sc4c(c23)CCC(C)C4)cc1Cl. The van der Waals surface area contributed by atoms with E-state index in [2.05, 4.69) is 17.1 Å². The van der Waals surface area contributed by atoms with E-state index in [1.807, 2.05) is 29.5 Å². The van der Waals surface area contributed by atoms with Crippen molar-refractivity contribution in [2.24, 2.45) is 5.92 Å². The average molecular weight is 459 g/mol. The summed E-state index contributed by atoms with van der Waals surface area (Å²) in [5, 5.41) is 5.28. The molecule has 5 rings (SSSR count). The zero-order chi connectivity index (χ0) is 21.4. The Hall–Kier alpha value is -1.93. The molecule has 0 radical (unpaired) electrons. The number of benzene rings is 1. The number of morpholine rings is 1. The summed E-state index contributed by atoms with van der Waals surface area (Å²) < 4.78 is 10.8. The first-order valence-electron chi connectivity index (χ1n) is 10.8. The Bertz CT molecular complexity index is 1100. The summed E-state index contributed by atoms with van der Waals surface area (Å²) >= 11 is 8.20. The number of methoxy groups -OCH3 is 1. The molecule has 3 heterocycles. The second-order valence-electron chi connectivity index (χ2n) is 8.38. The maximum atomic E-state index is 6.37. The van der Waals surface area contributed by atoms with E-state index in [4.69, 9.17) is 31.0 Å². The number of nitrogens with zero attached hydrogens (tertiary/aromatic N) is 3. The molecule has 1 aromatic carbocycles. The minimum absolute atomic E-state index is 0.576. The number of rotatable bonds is 5. The molecule has 0 saturated carbocycles. The number of fused-ring (bicyclic) bond motifs is 3. The first-order chi connectivity index (χ1) is 15.1. The van der Waals surface area contributed by atoms with Gasteiger partial charge in [-0.1, -0.05) is 18.5 Å². The van der Waals surface area contributed by atoms with Gasteiger partial charge in [-0.3, -0.25) is 4.90 Å². The minimum Gasteiger partial charge on any atom is -0.495 e. The van der Waals surface area contributed by atoms with Crippen LogP contribution in [0, 0.1) is 5.92 Å². The van der Waals surface area contributed by atoms with Gasteiger partial charge in [0.2, 0.25) is 0 Å². The molecular weight excluding hydrogens is 432 g/mol. The van der Waals surface area contributed by atoms with Crippen molar-refractivity contribution < 1.29 is 9.47 Å². The average Bonchev–Trinajstić information content (AvgIpc) is 3.12. The molecule has 0 spiro atoms. The van der Waals surface area contributed by atoms with E-state index in [0.29, 0.717) is 10.8 Å². The molecule has 1 unspecified atom stereocenters. The Kier molecular flexibility index (Phi) is 6.01. The molecule has 6 nitrogen and oxygen atoms in total. The lowest BCUT2D eigenvalue weighted by atomic mass is 9.89. The normalized spacial score (nSPS) is 19.4. The van der Waals surface area contributed by atoms with Crippen molar-refractivity contribution in [3.8, 4) is 5.75 Å². The third kappa shape index (κ3) is 4.37. The van der Waals surface area contributed by atoms with E-state index < -0.39 is 0 Å². The Morgan fingerprint density at radius 1 is 1.29 bits per heavy atom. The van der Waals surface area contributed by atoms with E-state index in [1.165, 1.54) is 22.2 Å². The van der Waals surface area contributed by atoms with Crippen LogP contribution in [0.2, 0.25) is 5.02 Å². The molecule has 1 atom stereocenters. The molecule has 1 saturated heterocycles. The van der Waals surface area contributed by atoms with E-state index in [1.54, 1.807) is 7.11 Å². The van der Waals surface area contributed by atoms with Crippen molar-refractivity contribution in [2.75, 3.05) is 38.7 Å². The quantitative estimate of drug-likeness (QED) is 0.577.